The summed E-state index contributed by atoms with van der Waals surface area (Å²) in [6, 6.07) is 14.7. The zero-order valence-corrected chi connectivity index (χ0v) is 17.9. The molecule has 1 amide bonds. The summed E-state index contributed by atoms with van der Waals surface area (Å²) in [5, 5.41) is 13.5. The molecule has 0 spiro atoms. The second kappa shape index (κ2) is 10.4. The minimum atomic E-state index is -1.05. The molecule has 2 N–H and O–H groups in total. The number of carbonyl (C=O) groups is 2. The standard InChI is InChI=1S/C25H32N2O3/c1-18(16-20-8-4-3-5-9-20)26-17-22-10-6-7-11-24(22)27(25(29)30)23-14-12-21(13-15-23)19(2)28/h6-7,10-15,18,20,26H,3-5,8-9,16-17H2,1-2H3,(H,29,30)/t18-/m0/s1. The van der Waals surface area contributed by atoms with E-state index < -0.39 is 6.09 Å². The van der Waals surface area contributed by atoms with E-state index in [2.05, 4.69) is 12.2 Å². The molecular formula is C25H32N2O3. The lowest BCUT2D eigenvalue weighted by molar-refractivity contribution is 0.101. The van der Waals surface area contributed by atoms with Crippen molar-refractivity contribution in [3.05, 3.63) is 59.7 Å². The lowest BCUT2D eigenvalue weighted by Crippen LogP contribution is -2.30. The van der Waals surface area contributed by atoms with Gasteiger partial charge in [0, 0.05) is 18.2 Å². The minimum Gasteiger partial charge on any atom is -0.464 e. The molecule has 1 aliphatic carbocycles. The van der Waals surface area contributed by atoms with Gasteiger partial charge in [-0.3, -0.25) is 4.79 Å². The van der Waals surface area contributed by atoms with Crippen molar-refractivity contribution >= 4 is 23.3 Å². The average molecular weight is 409 g/mol. The molecule has 1 fully saturated rings. The molecule has 1 saturated carbocycles. The summed E-state index contributed by atoms with van der Waals surface area (Å²) < 4.78 is 0. The van der Waals surface area contributed by atoms with Gasteiger partial charge in [0.05, 0.1) is 11.4 Å². The Morgan fingerprint density at radius 1 is 1.07 bits per heavy atom. The first-order valence-corrected chi connectivity index (χ1v) is 10.9. The number of anilines is 2. The predicted molar refractivity (Wildman–Crippen MR) is 121 cm³/mol. The third-order valence-electron chi connectivity index (χ3n) is 6.01. The Kier molecular flexibility index (Phi) is 7.63. The summed E-state index contributed by atoms with van der Waals surface area (Å²) in [6.45, 7) is 4.32. The summed E-state index contributed by atoms with van der Waals surface area (Å²) in [7, 11) is 0. The van der Waals surface area contributed by atoms with Crippen molar-refractivity contribution in [1.82, 2.24) is 5.32 Å². The van der Waals surface area contributed by atoms with Crippen LogP contribution in [0.4, 0.5) is 16.2 Å². The van der Waals surface area contributed by atoms with E-state index in [0.29, 0.717) is 29.5 Å². The molecule has 0 aliphatic heterocycles. The van der Waals surface area contributed by atoms with E-state index in [1.54, 1.807) is 24.3 Å². The SMILES string of the molecule is CC(=O)c1ccc(N(C(=O)O)c2ccccc2CN[C@@H](C)CC2CCCCC2)cc1. The van der Waals surface area contributed by atoms with E-state index in [1.165, 1.54) is 43.9 Å². The van der Waals surface area contributed by atoms with Crippen LogP contribution in [0.25, 0.3) is 0 Å². The van der Waals surface area contributed by atoms with Crippen LogP contribution >= 0.6 is 0 Å². The van der Waals surface area contributed by atoms with E-state index >= 15 is 0 Å². The largest absolute Gasteiger partial charge is 0.464 e. The number of Topliss-reactive ketones (excluding diaryl/α,β-unsaturated/α-hetero) is 1. The van der Waals surface area contributed by atoms with Gasteiger partial charge < -0.3 is 10.4 Å². The number of carbonyl (C=O) groups excluding carboxylic acids is 1. The number of hydrogen-bond acceptors (Lipinski definition) is 3. The Morgan fingerprint density at radius 3 is 2.37 bits per heavy atom. The number of amides is 1. The topological polar surface area (TPSA) is 69.6 Å². The fraction of sp³-hybridized carbons (Fsp3) is 0.440. The van der Waals surface area contributed by atoms with Crippen LogP contribution in [0.15, 0.2) is 48.5 Å². The van der Waals surface area contributed by atoms with Gasteiger partial charge in [0.2, 0.25) is 0 Å². The van der Waals surface area contributed by atoms with Gasteiger partial charge in [0.15, 0.2) is 5.78 Å². The Morgan fingerprint density at radius 2 is 1.73 bits per heavy atom. The maximum absolute atomic E-state index is 12.1. The molecule has 0 aromatic heterocycles. The summed E-state index contributed by atoms with van der Waals surface area (Å²) in [5.41, 5.74) is 2.66. The number of nitrogens with zero attached hydrogens (tertiary/aromatic N) is 1. The first-order chi connectivity index (χ1) is 14.5. The summed E-state index contributed by atoms with van der Waals surface area (Å²) >= 11 is 0. The highest BCUT2D eigenvalue weighted by Crippen LogP contribution is 2.30. The molecule has 1 aliphatic rings. The number of para-hydroxylation sites is 1. The Labute approximate surface area is 179 Å². The van der Waals surface area contributed by atoms with Crippen LogP contribution in [-0.4, -0.2) is 23.0 Å². The third kappa shape index (κ3) is 5.70. The van der Waals surface area contributed by atoms with Crippen LogP contribution in [0.5, 0.6) is 0 Å². The van der Waals surface area contributed by atoms with Crippen molar-refractivity contribution in [3.8, 4) is 0 Å². The van der Waals surface area contributed by atoms with Crippen molar-refractivity contribution in [1.29, 1.82) is 0 Å². The molecule has 5 nitrogen and oxygen atoms in total. The molecule has 2 aromatic rings. The van der Waals surface area contributed by atoms with Crippen molar-refractivity contribution < 1.29 is 14.7 Å². The van der Waals surface area contributed by atoms with Gasteiger partial charge in [-0.1, -0.05) is 50.3 Å². The van der Waals surface area contributed by atoms with Gasteiger partial charge in [-0.15, -0.1) is 0 Å². The van der Waals surface area contributed by atoms with Gasteiger partial charge in [-0.05, 0) is 62.1 Å². The average Bonchev–Trinajstić information content (AvgIpc) is 2.74. The van der Waals surface area contributed by atoms with Gasteiger partial charge in [0.25, 0.3) is 0 Å². The highest BCUT2D eigenvalue weighted by molar-refractivity contribution is 5.98. The zero-order chi connectivity index (χ0) is 21.5. The Hall–Kier alpha value is -2.66. The molecule has 0 bridgehead atoms. The molecular weight excluding hydrogens is 376 g/mol. The molecule has 3 rings (SSSR count). The zero-order valence-electron chi connectivity index (χ0n) is 17.9. The van der Waals surface area contributed by atoms with Gasteiger partial charge in [0.1, 0.15) is 0 Å². The molecule has 30 heavy (non-hydrogen) atoms. The van der Waals surface area contributed by atoms with Gasteiger partial charge >= 0.3 is 6.09 Å². The van der Waals surface area contributed by atoms with E-state index in [9.17, 15) is 14.7 Å². The normalized spacial score (nSPS) is 15.5. The summed E-state index contributed by atoms with van der Waals surface area (Å²) in [4.78, 5) is 24.9. The first kappa shape index (κ1) is 22.0. The van der Waals surface area contributed by atoms with Crippen LogP contribution in [0.3, 0.4) is 0 Å². The number of benzene rings is 2. The first-order valence-electron chi connectivity index (χ1n) is 10.9. The highest BCUT2D eigenvalue weighted by Gasteiger charge is 2.21. The van der Waals surface area contributed by atoms with Crippen LogP contribution < -0.4 is 10.2 Å². The molecule has 1 atom stereocenters. The quantitative estimate of drug-likeness (QED) is 0.514. The van der Waals surface area contributed by atoms with Crippen LogP contribution in [-0.2, 0) is 6.54 Å². The number of carboxylic acid groups (broad SMARTS) is 1. The molecule has 0 heterocycles. The second-order valence-electron chi connectivity index (χ2n) is 8.37. The number of ketones is 1. The van der Waals surface area contributed by atoms with Gasteiger partial charge in [-0.25, -0.2) is 9.69 Å². The van der Waals surface area contributed by atoms with Crippen molar-refractivity contribution in [2.45, 2.75) is 65.0 Å². The summed E-state index contributed by atoms with van der Waals surface area (Å²) in [6.07, 6.45) is 6.82. The lowest BCUT2D eigenvalue weighted by atomic mass is 9.85. The van der Waals surface area contributed by atoms with E-state index in [0.717, 1.165) is 17.9 Å². The molecule has 0 radical (unpaired) electrons. The number of hydrogen-bond donors (Lipinski definition) is 2. The van der Waals surface area contributed by atoms with Crippen LogP contribution in [0, 0.1) is 5.92 Å². The monoisotopic (exact) mass is 408 g/mol. The number of rotatable bonds is 8. The molecule has 160 valence electrons. The van der Waals surface area contributed by atoms with Crippen molar-refractivity contribution in [2.75, 3.05) is 4.90 Å². The third-order valence-corrected chi connectivity index (χ3v) is 6.01. The Bertz CT molecular complexity index is 857. The molecule has 5 heteroatoms. The fourth-order valence-corrected chi connectivity index (χ4v) is 4.37. The minimum absolute atomic E-state index is 0.0417. The van der Waals surface area contributed by atoms with Crippen molar-refractivity contribution in [3.63, 3.8) is 0 Å². The van der Waals surface area contributed by atoms with E-state index in [4.69, 9.17) is 0 Å². The predicted octanol–water partition coefficient (Wildman–Crippen LogP) is 6.15. The molecule has 2 aromatic carbocycles. The highest BCUT2D eigenvalue weighted by atomic mass is 16.4. The maximum Gasteiger partial charge on any atom is 0.416 e. The van der Waals surface area contributed by atoms with Crippen LogP contribution in [0.2, 0.25) is 0 Å². The second-order valence-corrected chi connectivity index (χ2v) is 8.37. The molecule has 0 unspecified atom stereocenters. The van der Waals surface area contributed by atoms with Crippen LogP contribution in [0.1, 0.15) is 68.3 Å². The van der Waals surface area contributed by atoms with Gasteiger partial charge in [-0.2, -0.15) is 0 Å². The smallest absolute Gasteiger partial charge is 0.416 e. The number of nitrogens with one attached hydrogen (secondary N) is 1. The fourth-order valence-electron chi connectivity index (χ4n) is 4.37. The Balaban J connectivity index is 1.74. The maximum atomic E-state index is 12.1. The lowest BCUT2D eigenvalue weighted by Gasteiger charge is -2.26. The van der Waals surface area contributed by atoms with E-state index in [1.807, 2.05) is 24.3 Å². The summed E-state index contributed by atoms with van der Waals surface area (Å²) in [5.74, 6) is 0.756. The molecule has 0 saturated heterocycles. The van der Waals surface area contributed by atoms with Crippen molar-refractivity contribution in [2.24, 2.45) is 5.92 Å². The van der Waals surface area contributed by atoms with E-state index in [-0.39, 0.29) is 5.78 Å².